The number of hydrogen-bond acceptors (Lipinski definition) is 8. The Hall–Kier alpha value is -2.25. The number of sulfone groups is 1. The van der Waals surface area contributed by atoms with Crippen molar-refractivity contribution in [3.05, 3.63) is 53.0 Å². The van der Waals surface area contributed by atoms with Crippen LogP contribution in [0.3, 0.4) is 0 Å². The van der Waals surface area contributed by atoms with Crippen molar-refractivity contribution in [1.29, 1.82) is 0 Å². The second-order valence-electron chi connectivity index (χ2n) is 8.27. The van der Waals surface area contributed by atoms with Gasteiger partial charge >= 0.3 is 0 Å². The molecule has 0 saturated heterocycles. The summed E-state index contributed by atoms with van der Waals surface area (Å²) in [6, 6.07) is 9.07. The number of aliphatic hydroxyl groups excluding tert-OH is 1. The van der Waals surface area contributed by atoms with Gasteiger partial charge in [-0.15, -0.1) is 11.3 Å². The van der Waals surface area contributed by atoms with Gasteiger partial charge < -0.3 is 15.3 Å². The van der Waals surface area contributed by atoms with Crippen molar-refractivity contribution in [2.75, 3.05) is 20.1 Å². The van der Waals surface area contributed by atoms with Crippen molar-refractivity contribution in [3.63, 3.8) is 0 Å². The lowest BCUT2D eigenvalue weighted by Crippen LogP contribution is -2.53. The summed E-state index contributed by atoms with van der Waals surface area (Å²) in [5, 5.41) is 14.2. The van der Waals surface area contributed by atoms with Crippen LogP contribution < -0.4 is 5.32 Å². The third-order valence-corrected chi connectivity index (χ3v) is 11.2. The van der Waals surface area contributed by atoms with Crippen LogP contribution in [0.15, 0.2) is 67.0 Å². The maximum Gasteiger partial charge on any atom is 0.252 e. The first-order valence-corrected chi connectivity index (χ1v) is 14.8. The summed E-state index contributed by atoms with van der Waals surface area (Å²) in [5.41, 5.74) is 1.53. The molecule has 2 heterocycles. The van der Waals surface area contributed by atoms with Crippen LogP contribution in [0.4, 0.5) is 0 Å². The third-order valence-electron chi connectivity index (χ3n) is 6.07. The monoisotopic (exact) mass is 525 g/mol. The molecule has 0 bridgehead atoms. The Morgan fingerprint density at radius 3 is 2.56 bits per heavy atom. The van der Waals surface area contributed by atoms with Crippen molar-refractivity contribution in [1.82, 2.24) is 14.5 Å². The first-order chi connectivity index (χ1) is 16.1. The summed E-state index contributed by atoms with van der Waals surface area (Å²) < 4.78 is 52.8. The van der Waals surface area contributed by atoms with Gasteiger partial charge in [0.15, 0.2) is 0 Å². The van der Waals surface area contributed by atoms with Gasteiger partial charge in [-0.25, -0.2) is 21.1 Å². The van der Waals surface area contributed by atoms with Crippen LogP contribution in [0.2, 0.25) is 0 Å². The van der Waals surface area contributed by atoms with Gasteiger partial charge in [-0.1, -0.05) is 18.2 Å². The number of aliphatic hydroxyl groups is 1. The number of amides is 1. The molecular weight excluding hydrogens is 498 g/mol. The molecule has 2 aliphatic rings. The highest BCUT2D eigenvalue weighted by Crippen LogP contribution is 2.32. The fourth-order valence-corrected chi connectivity index (χ4v) is 8.51. The lowest BCUT2D eigenvalue weighted by molar-refractivity contribution is -0.127. The SMILES string of the molecule is CN(CCCN1C2=C(CCCC2)C(=O)NC1O)S(=O)(=O)c1cc(S(=O)(=O)c2ccccc2)cs1. The van der Waals surface area contributed by atoms with E-state index in [0.717, 1.165) is 29.9 Å². The Bertz CT molecular complexity index is 1300. The summed E-state index contributed by atoms with van der Waals surface area (Å²) in [7, 11) is -6.24. The Balaban J connectivity index is 1.43. The average molecular weight is 526 g/mol. The highest BCUT2D eigenvalue weighted by Gasteiger charge is 2.33. The number of sulfonamides is 1. The minimum atomic E-state index is -3.88. The molecule has 9 nitrogen and oxygen atoms in total. The highest BCUT2D eigenvalue weighted by molar-refractivity contribution is 7.92. The molecule has 1 aliphatic carbocycles. The Labute approximate surface area is 203 Å². The number of carbonyl (C=O) groups is 1. The fraction of sp³-hybridized carbons (Fsp3) is 0.409. The number of carbonyl (C=O) groups excluding carboxylic acids is 1. The van der Waals surface area contributed by atoms with Crippen LogP contribution in [-0.2, 0) is 24.7 Å². The Morgan fingerprint density at radius 1 is 1.12 bits per heavy atom. The number of rotatable bonds is 8. The second kappa shape index (κ2) is 9.78. The van der Waals surface area contributed by atoms with Gasteiger partial charge in [0.25, 0.3) is 15.9 Å². The molecule has 184 valence electrons. The van der Waals surface area contributed by atoms with E-state index in [-0.39, 0.29) is 26.5 Å². The van der Waals surface area contributed by atoms with E-state index in [2.05, 4.69) is 5.32 Å². The van der Waals surface area contributed by atoms with Crippen LogP contribution in [0.5, 0.6) is 0 Å². The molecule has 1 aromatic carbocycles. The molecule has 1 aromatic heterocycles. The van der Waals surface area contributed by atoms with Crippen LogP contribution in [0.1, 0.15) is 32.1 Å². The number of benzene rings is 1. The zero-order valence-corrected chi connectivity index (χ0v) is 21.1. The standard InChI is InChI=1S/C22H27N3O6S3/c1-24(12-7-13-25-19-11-6-5-10-18(19)21(26)23-22(25)27)34(30,31)20-14-17(15-32-20)33(28,29)16-8-3-2-4-9-16/h2-4,8-9,14-15,22,27H,5-7,10-13H2,1H3,(H,23,26). The summed E-state index contributed by atoms with van der Waals surface area (Å²) in [6.07, 6.45) is 2.54. The van der Waals surface area contributed by atoms with E-state index >= 15 is 0 Å². The predicted octanol–water partition coefficient (Wildman–Crippen LogP) is 2.13. The number of thiophene rings is 1. The van der Waals surface area contributed by atoms with Gasteiger partial charge in [-0.3, -0.25) is 4.79 Å². The van der Waals surface area contributed by atoms with E-state index in [1.165, 1.54) is 34.9 Å². The maximum atomic E-state index is 13.0. The zero-order valence-electron chi connectivity index (χ0n) is 18.7. The van der Waals surface area contributed by atoms with Crippen molar-refractivity contribution in [2.45, 2.75) is 52.5 Å². The number of nitrogens with one attached hydrogen (secondary N) is 1. The zero-order chi connectivity index (χ0) is 24.5. The first kappa shape index (κ1) is 24.9. The molecule has 1 atom stereocenters. The van der Waals surface area contributed by atoms with Crippen molar-refractivity contribution in [3.8, 4) is 0 Å². The van der Waals surface area contributed by atoms with Crippen LogP contribution >= 0.6 is 11.3 Å². The van der Waals surface area contributed by atoms with Crippen LogP contribution in [-0.4, -0.2) is 63.5 Å². The van der Waals surface area contributed by atoms with Gasteiger partial charge in [0.2, 0.25) is 16.2 Å². The molecule has 2 aromatic rings. The van der Waals surface area contributed by atoms with E-state index in [1.807, 2.05) is 0 Å². The van der Waals surface area contributed by atoms with Gasteiger partial charge in [0, 0.05) is 36.8 Å². The molecule has 0 spiro atoms. The summed E-state index contributed by atoms with van der Waals surface area (Å²) in [4.78, 5) is 13.9. The van der Waals surface area contributed by atoms with E-state index in [0.29, 0.717) is 31.4 Å². The van der Waals surface area contributed by atoms with E-state index in [1.54, 1.807) is 23.1 Å². The van der Waals surface area contributed by atoms with E-state index in [4.69, 9.17) is 0 Å². The minimum absolute atomic E-state index is 0.0490. The quantitative estimate of drug-likeness (QED) is 0.541. The minimum Gasteiger partial charge on any atom is -0.356 e. The highest BCUT2D eigenvalue weighted by atomic mass is 32.2. The van der Waals surface area contributed by atoms with Crippen LogP contribution in [0, 0.1) is 0 Å². The Morgan fingerprint density at radius 2 is 1.82 bits per heavy atom. The first-order valence-electron chi connectivity index (χ1n) is 10.9. The smallest absolute Gasteiger partial charge is 0.252 e. The molecule has 0 fully saturated rings. The molecule has 0 saturated carbocycles. The normalized spacial score (nSPS) is 19.3. The predicted molar refractivity (Wildman–Crippen MR) is 127 cm³/mol. The number of hydrogen-bond donors (Lipinski definition) is 2. The summed E-state index contributed by atoms with van der Waals surface area (Å²) >= 11 is 0.869. The molecule has 4 rings (SSSR count). The molecule has 1 unspecified atom stereocenters. The van der Waals surface area contributed by atoms with Gasteiger partial charge in [0.05, 0.1) is 9.79 Å². The fourth-order valence-electron chi connectivity index (χ4n) is 4.19. The molecular formula is C22H27N3O6S3. The molecule has 1 aliphatic heterocycles. The molecule has 0 radical (unpaired) electrons. The summed E-state index contributed by atoms with van der Waals surface area (Å²) in [5.74, 6) is -0.239. The largest absolute Gasteiger partial charge is 0.356 e. The molecule has 34 heavy (non-hydrogen) atoms. The van der Waals surface area contributed by atoms with Crippen molar-refractivity contribution < 1.29 is 26.7 Å². The van der Waals surface area contributed by atoms with Crippen molar-refractivity contribution >= 4 is 37.1 Å². The summed E-state index contributed by atoms with van der Waals surface area (Å²) in [6.45, 7) is 0.541. The Kier molecular flexibility index (Phi) is 7.15. The van der Waals surface area contributed by atoms with E-state index in [9.17, 15) is 26.7 Å². The van der Waals surface area contributed by atoms with E-state index < -0.39 is 26.2 Å². The molecule has 1 amide bonds. The lowest BCUT2D eigenvalue weighted by atomic mass is 9.93. The van der Waals surface area contributed by atoms with Gasteiger partial charge in [-0.2, -0.15) is 0 Å². The second-order valence-corrected chi connectivity index (χ2v) is 13.4. The van der Waals surface area contributed by atoms with Crippen LogP contribution in [0.25, 0.3) is 0 Å². The molecule has 12 heteroatoms. The van der Waals surface area contributed by atoms with Gasteiger partial charge in [0.1, 0.15) is 4.21 Å². The lowest BCUT2D eigenvalue weighted by Gasteiger charge is -2.39. The average Bonchev–Trinajstić information content (AvgIpc) is 3.34. The number of allylic oxidation sites excluding steroid dienone is 1. The topological polar surface area (TPSA) is 124 Å². The maximum absolute atomic E-state index is 13.0. The van der Waals surface area contributed by atoms with Crippen molar-refractivity contribution in [2.24, 2.45) is 0 Å². The number of nitrogens with zero attached hydrogens (tertiary/aromatic N) is 2. The van der Waals surface area contributed by atoms with Gasteiger partial charge in [-0.05, 0) is 50.3 Å². The molecule has 2 N–H and O–H groups in total. The third kappa shape index (κ3) is 4.78.